The Hall–Kier alpha value is -2.75. The number of fused-ring (bicyclic) bond motifs is 1. The summed E-state index contributed by atoms with van der Waals surface area (Å²) in [4.78, 5) is 14.3. The van der Waals surface area contributed by atoms with Gasteiger partial charge in [-0.25, -0.2) is 0 Å². The molecule has 1 aromatic heterocycles. The Labute approximate surface area is 128 Å². The fraction of sp³-hybridized carbons (Fsp3) is 0.167. The van der Waals surface area contributed by atoms with Gasteiger partial charge in [-0.05, 0) is 47.9 Å². The number of carbonyl (C=O) groups is 1. The maximum Gasteiger partial charge on any atom is 0.303 e. The molecular weight excluding hydrogens is 278 g/mol. The van der Waals surface area contributed by atoms with E-state index >= 15 is 0 Å². The first-order chi connectivity index (χ1) is 10.7. The summed E-state index contributed by atoms with van der Waals surface area (Å²) >= 11 is 0. The lowest BCUT2D eigenvalue weighted by molar-refractivity contribution is -0.136. The largest absolute Gasteiger partial charge is 0.497 e. The van der Waals surface area contributed by atoms with Crippen LogP contribution in [-0.2, 0) is 11.2 Å². The lowest BCUT2D eigenvalue weighted by Crippen LogP contribution is -1.98. The van der Waals surface area contributed by atoms with Crippen molar-refractivity contribution in [3.05, 3.63) is 54.1 Å². The molecule has 0 radical (unpaired) electrons. The Bertz CT molecular complexity index is 803. The molecule has 0 fully saturated rings. The molecule has 0 amide bonds. The average Bonchev–Trinajstić information content (AvgIpc) is 2.91. The monoisotopic (exact) mass is 295 g/mol. The molecule has 112 valence electrons. The van der Waals surface area contributed by atoms with Crippen LogP contribution in [0.2, 0.25) is 0 Å². The van der Waals surface area contributed by atoms with Crippen LogP contribution in [-0.4, -0.2) is 23.2 Å². The first-order valence-corrected chi connectivity index (χ1v) is 7.15. The van der Waals surface area contributed by atoms with E-state index in [1.807, 2.05) is 48.5 Å². The number of para-hydroxylation sites is 1. The molecule has 0 aliphatic rings. The molecule has 2 aromatic carbocycles. The Kier molecular flexibility index (Phi) is 3.83. The maximum absolute atomic E-state index is 10.9. The topological polar surface area (TPSA) is 62.3 Å². The number of aromatic amines is 1. The fourth-order valence-corrected chi connectivity index (χ4v) is 2.70. The Morgan fingerprint density at radius 3 is 2.55 bits per heavy atom. The van der Waals surface area contributed by atoms with E-state index in [0.29, 0.717) is 6.42 Å². The second kappa shape index (κ2) is 5.93. The molecule has 0 aliphatic carbocycles. The normalized spacial score (nSPS) is 10.8. The minimum Gasteiger partial charge on any atom is -0.497 e. The zero-order valence-electron chi connectivity index (χ0n) is 12.3. The van der Waals surface area contributed by atoms with Crippen LogP contribution >= 0.6 is 0 Å². The number of nitrogens with one attached hydrogen (secondary N) is 1. The SMILES string of the molecule is COc1ccc(-c2[nH]c3ccccc3c2CCC(=O)O)cc1. The second-order valence-corrected chi connectivity index (χ2v) is 5.15. The van der Waals surface area contributed by atoms with Crippen LogP contribution < -0.4 is 4.74 Å². The Morgan fingerprint density at radius 1 is 1.14 bits per heavy atom. The number of carboxylic acids is 1. The van der Waals surface area contributed by atoms with E-state index < -0.39 is 5.97 Å². The van der Waals surface area contributed by atoms with Crippen molar-refractivity contribution >= 4 is 16.9 Å². The van der Waals surface area contributed by atoms with Gasteiger partial charge in [-0.15, -0.1) is 0 Å². The molecule has 0 aliphatic heterocycles. The van der Waals surface area contributed by atoms with E-state index in [-0.39, 0.29) is 6.42 Å². The van der Waals surface area contributed by atoms with Gasteiger partial charge in [0.15, 0.2) is 0 Å². The first kappa shape index (κ1) is 14.2. The van der Waals surface area contributed by atoms with Gasteiger partial charge in [-0.1, -0.05) is 18.2 Å². The standard InChI is InChI=1S/C18H17NO3/c1-22-13-8-6-12(7-9-13)18-15(10-11-17(20)21)14-4-2-3-5-16(14)19-18/h2-9,19H,10-11H2,1H3,(H,20,21). The van der Waals surface area contributed by atoms with Crippen molar-refractivity contribution in [1.29, 1.82) is 0 Å². The van der Waals surface area contributed by atoms with Gasteiger partial charge in [-0.3, -0.25) is 4.79 Å². The van der Waals surface area contributed by atoms with Crippen LogP contribution in [0.25, 0.3) is 22.2 Å². The van der Waals surface area contributed by atoms with Gasteiger partial charge in [0, 0.05) is 23.0 Å². The third kappa shape index (κ3) is 2.68. The molecule has 0 bridgehead atoms. The third-order valence-electron chi connectivity index (χ3n) is 3.78. The van der Waals surface area contributed by atoms with Crippen molar-refractivity contribution in [2.24, 2.45) is 0 Å². The number of aryl methyl sites for hydroxylation is 1. The zero-order chi connectivity index (χ0) is 15.5. The molecule has 0 spiro atoms. The third-order valence-corrected chi connectivity index (χ3v) is 3.78. The van der Waals surface area contributed by atoms with Gasteiger partial charge in [0.1, 0.15) is 5.75 Å². The van der Waals surface area contributed by atoms with Gasteiger partial charge in [-0.2, -0.15) is 0 Å². The predicted molar refractivity (Wildman–Crippen MR) is 86.2 cm³/mol. The van der Waals surface area contributed by atoms with Crippen LogP contribution in [0.15, 0.2) is 48.5 Å². The van der Waals surface area contributed by atoms with E-state index in [9.17, 15) is 4.79 Å². The fourth-order valence-electron chi connectivity index (χ4n) is 2.70. The molecule has 1 heterocycles. The highest BCUT2D eigenvalue weighted by Crippen LogP contribution is 2.32. The summed E-state index contributed by atoms with van der Waals surface area (Å²) in [5.41, 5.74) is 4.07. The number of aliphatic carboxylic acids is 1. The average molecular weight is 295 g/mol. The van der Waals surface area contributed by atoms with E-state index in [4.69, 9.17) is 9.84 Å². The number of rotatable bonds is 5. The molecule has 0 unspecified atom stereocenters. The summed E-state index contributed by atoms with van der Waals surface area (Å²) in [6.45, 7) is 0. The maximum atomic E-state index is 10.9. The van der Waals surface area contributed by atoms with E-state index in [2.05, 4.69) is 4.98 Å². The van der Waals surface area contributed by atoms with Crippen LogP contribution in [0.1, 0.15) is 12.0 Å². The summed E-state index contributed by atoms with van der Waals surface area (Å²) in [6.07, 6.45) is 0.617. The van der Waals surface area contributed by atoms with Gasteiger partial charge in [0.25, 0.3) is 0 Å². The van der Waals surface area contributed by atoms with Crippen LogP contribution in [0, 0.1) is 0 Å². The Morgan fingerprint density at radius 2 is 1.86 bits per heavy atom. The summed E-state index contributed by atoms with van der Waals surface area (Å²) in [6, 6.07) is 15.7. The van der Waals surface area contributed by atoms with Crippen molar-refractivity contribution in [2.45, 2.75) is 12.8 Å². The van der Waals surface area contributed by atoms with E-state index in [1.54, 1.807) is 7.11 Å². The second-order valence-electron chi connectivity index (χ2n) is 5.15. The molecule has 4 heteroatoms. The quantitative estimate of drug-likeness (QED) is 0.751. The van der Waals surface area contributed by atoms with Gasteiger partial charge in [0.05, 0.1) is 7.11 Å². The minimum atomic E-state index is -0.786. The molecule has 3 aromatic rings. The zero-order valence-corrected chi connectivity index (χ0v) is 12.3. The summed E-state index contributed by atoms with van der Waals surface area (Å²) in [7, 11) is 1.64. The van der Waals surface area contributed by atoms with E-state index in [0.717, 1.165) is 33.5 Å². The van der Waals surface area contributed by atoms with Crippen molar-refractivity contribution in [2.75, 3.05) is 7.11 Å². The predicted octanol–water partition coefficient (Wildman–Crippen LogP) is 3.86. The first-order valence-electron chi connectivity index (χ1n) is 7.15. The number of aromatic nitrogens is 1. The van der Waals surface area contributed by atoms with Gasteiger partial charge < -0.3 is 14.8 Å². The van der Waals surface area contributed by atoms with Crippen LogP contribution in [0.5, 0.6) is 5.75 Å². The summed E-state index contributed by atoms with van der Waals surface area (Å²) < 4.78 is 5.19. The van der Waals surface area contributed by atoms with Gasteiger partial charge in [0.2, 0.25) is 0 Å². The van der Waals surface area contributed by atoms with Crippen molar-refractivity contribution in [3.63, 3.8) is 0 Å². The summed E-state index contributed by atoms with van der Waals surface area (Å²) in [5.74, 6) is 0.0120. The molecule has 2 N–H and O–H groups in total. The number of H-pyrrole nitrogens is 1. The smallest absolute Gasteiger partial charge is 0.303 e. The highest BCUT2D eigenvalue weighted by atomic mass is 16.5. The Balaban J connectivity index is 2.09. The molecule has 22 heavy (non-hydrogen) atoms. The number of benzene rings is 2. The van der Waals surface area contributed by atoms with Crippen molar-refractivity contribution < 1.29 is 14.6 Å². The summed E-state index contributed by atoms with van der Waals surface area (Å²) in [5, 5.41) is 10.1. The molecule has 0 atom stereocenters. The number of methoxy groups -OCH3 is 1. The molecule has 0 saturated heterocycles. The van der Waals surface area contributed by atoms with Crippen molar-refractivity contribution in [1.82, 2.24) is 4.98 Å². The highest BCUT2D eigenvalue weighted by molar-refractivity contribution is 5.91. The molecule has 4 nitrogen and oxygen atoms in total. The number of carboxylic acid groups (broad SMARTS) is 1. The number of hydrogen-bond acceptors (Lipinski definition) is 2. The number of ether oxygens (including phenoxy) is 1. The molecule has 3 rings (SSSR count). The minimum absolute atomic E-state index is 0.116. The van der Waals surface area contributed by atoms with Crippen LogP contribution in [0.4, 0.5) is 0 Å². The molecule has 0 saturated carbocycles. The van der Waals surface area contributed by atoms with E-state index in [1.165, 1.54) is 0 Å². The molecular formula is C18H17NO3. The van der Waals surface area contributed by atoms with Gasteiger partial charge >= 0.3 is 5.97 Å². The van der Waals surface area contributed by atoms with Crippen molar-refractivity contribution in [3.8, 4) is 17.0 Å². The lowest BCUT2D eigenvalue weighted by atomic mass is 10.0. The lowest BCUT2D eigenvalue weighted by Gasteiger charge is -2.05. The van der Waals surface area contributed by atoms with Crippen LogP contribution in [0.3, 0.4) is 0 Å². The number of hydrogen-bond donors (Lipinski definition) is 2. The highest BCUT2D eigenvalue weighted by Gasteiger charge is 2.14.